The van der Waals surface area contributed by atoms with Crippen LogP contribution in [0.15, 0.2) is 30.3 Å². The summed E-state index contributed by atoms with van der Waals surface area (Å²) < 4.78 is 0. The molecule has 4 heteroatoms. The van der Waals surface area contributed by atoms with Crippen LogP contribution in [0, 0.1) is 5.41 Å². The average molecular weight is 288 g/mol. The van der Waals surface area contributed by atoms with E-state index >= 15 is 0 Å². The van der Waals surface area contributed by atoms with Crippen LogP contribution in [-0.4, -0.2) is 17.9 Å². The summed E-state index contributed by atoms with van der Waals surface area (Å²) in [5, 5.41) is 5.64. The van der Waals surface area contributed by atoms with Crippen LogP contribution >= 0.6 is 0 Å². The topological polar surface area (TPSA) is 58.2 Å². The summed E-state index contributed by atoms with van der Waals surface area (Å²) >= 11 is 0. The molecule has 1 aromatic rings. The van der Waals surface area contributed by atoms with Gasteiger partial charge in [0, 0.05) is 24.7 Å². The fourth-order valence-corrected chi connectivity index (χ4v) is 1.53. The number of hydrogen-bond acceptors (Lipinski definition) is 2. The Morgan fingerprint density at radius 2 is 1.71 bits per heavy atom. The molecule has 0 spiro atoms. The van der Waals surface area contributed by atoms with Crippen molar-refractivity contribution < 1.29 is 9.59 Å². The Kier molecular flexibility index (Phi) is 5.70. The molecule has 0 heterocycles. The van der Waals surface area contributed by atoms with Gasteiger partial charge in [-0.3, -0.25) is 9.59 Å². The summed E-state index contributed by atoms with van der Waals surface area (Å²) in [6.45, 7) is 9.72. The van der Waals surface area contributed by atoms with Crippen molar-refractivity contribution in [3.63, 3.8) is 0 Å². The van der Waals surface area contributed by atoms with Crippen molar-refractivity contribution in [3.8, 4) is 0 Å². The molecule has 21 heavy (non-hydrogen) atoms. The lowest BCUT2D eigenvalue weighted by Gasteiger charge is -2.27. The highest BCUT2D eigenvalue weighted by atomic mass is 16.2. The Bertz CT molecular complexity index is 525. The van der Waals surface area contributed by atoms with Crippen molar-refractivity contribution in [1.29, 1.82) is 0 Å². The lowest BCUT2D eigenvalue weighted by atomic mass is 9.88. The van der Waals surface area contributed by atoms with E-state index < -0.39 is 0 Å². The van der Waals surface area contributed by atoms with Gasteiger partial charge in [0.05, 0.1) is 0 Å². The molecule has 0 bridgehead atoms. The van der Waals surface area contributed by atoms with Gasteiger partial charge in [0.25, 0.3) is 0 Å². The lowest BCUT2D eigenvalue weighted by molar-refractivity contribution is -0.117. The van der Waals surface area contributed by atoms with Crippen molar-refractivity contribution in [3.05, 3.63) is 35.9 Å². The Morgan fingerprint density at radius 3 is 2.19 bits per heavy atom. The number of amides is 2. The maximum atomic E-state index is 11.8. The third-order valence-electron chi connectivity index (χ3n) is 3.32. The maximum Gasteiger partial charge on any atom is 0.244 e. The highest BCUT2D eigenvalue weighted by Crippen LogP contribution is 2.18. The Hall–Kier alpha value is -2.10. The first-order valence-electron chi connectivity index (χ1n) is 7.04. The standard InChI is InChI=1S/C17H24N2O2/c1-12(17(3,4)5)18-16(21)11-8-14-6-9-15(10-7-14)19-13(2)20/h6-12H,1-5H3,(H,18,21)(H,19,20)/b11-8-/t12-/m0/s1. The van der Waals surface area contributed by atoms with Gasteiger partial charge in [-0.05, 0) is 36.1 Å². The van der Waals surface area contributed by atoms with E-state index in [0.29, 0.717) is 0 Å². The molecule has 1 aromatic carbocycles. The number of anilines is 1. The van der Waals surface area contributed by atoms with E-state index in [1.807, 2.05) is 19.1 Å². The minimum atomic E-state index is -0.108. The maximum absolute atomic E-state index is 11.8. The molecule has 0 saturated heterocycles. The fraction of sp³-hybridized carbons (Fsp3) is 0.412. The minimum Gasteiger partial charge on any atom is -0.350 e. The van der Waals surface area contributed by atoms with Crippen LogP contribution in [0.3, 0.4) is 0 Å². The van der Waals surface area contributed by atoms with Crippen LogP contribution in [0.25, 0.3) is 6.08 Å². The van der Waals surface area contributed by atoms with E-state index in [-0.39, 0.29) is 23.3 Å². The van der Waals surface area contributed by atoms with E-state index in [2.05, 4.69) is 31.4 Å². The van der Waals surface area contributed by atoms with Gasteiger partial charge in [0.2, 0.25) is 11.8 Å². The quantitative estimate of drug-likeness (QED) is 0.836. The molecule has 0 unspecified atom stereocenters. The zero-order valence-electron chi connectivity index (χ0n) is 13.4. The fourth-order valence-electron chi connectivity index (χ4n) is 1.53. The first-order chi connectivity index (χ1) is 9.68. The van der Waals surface area contributed by atoms with Gasteiger partial charge in [0.1, 0.15) is 0 Å². The zero-order valence-corrected chi connectivity index (χ0v) is 13.4. The second-order valence-electron chi connectivity index (χ2n) is 6.23. The van der Waals surface area contributed by atoms with Gasteiger partial charge < -0.3 is 10.6 Å². The van der Waals surface area contributed by atoms with Gasteiger partial charge in [-0.25, -0.2) is 0 Å². The van der Waals surface area contributed by atoms with Crippen LogP contribution in [0.2, 0.25) is 0 Å². The zero-order chi connectivity index (χ0) is 16.0. The van der Waals surface area contributed by atoms with Crippen molar-refractivity contribution in [2.45, 2.75) is 40.7 Å². The highest BCUT2D eigenvalue weighted by molar-refractivity contribution is 5.92. The van der Waals surface area contributed by atoms with E-state index in [1.54, 1.807) is 18.2 Å². The summed E-state index contributed by atoms with van der Waals surface area (Å²) in [5.74, 6) is -0.211. The number of carbonyl (C=O) groups is 2. The smallest absolute Gasteiger partial charge is 0.244 e. The number of rotatable bonds is 4. The minimum absolute atomic E-state index is 0.0313. The van der Waals surface area contributed by atoms with Crippen LogP contribution < -0.4 is 10.6 Å². The molecule has 114 valence electrons. The van der Waals surface area contributed by atoms with Crippen molar-refractivity contribution in [1.82, 2.24) is 5.32 Å². The van der Waals surface area contributed by atoms with Crippen LogP contribution in [-0.2, 0) is 9.59 Å². The van der Waals surface area contributed by atoms with Crippen LogP contribution in [0.4, 0.5) is 5.69 Å². The molecule has 2 amide bonds. The predicted octanol–water partition coefficient (Wildman–Crippen LogP) is 3.21. The second kappa shape index (κ2) is 7.07. The molecule has 0 saturated carbocycles. The van der Waals surface area contributed by atoms with Gasteiger partial charge in [0.15, 0.2) is 0 Å². The Balaban J connectivity index is 2.60. The molecule has 1 rings (SSSR count). The molecule has 4 nitrogen and oxygen atoms in total. The Labute approximate surface area is 126 Å². The van der Waals surface area contributed by atoms with Gasteiger partial charge in [-0.15, -0.1) is 0 Å². The molecule has 2 N–H and O–H groups in total. The first kappa shape index (κ1) is 17.0. The van der Waals surface area contributed by atoms with E-state index in [0.717, 1.165) is 11.3 Å². The molecular formula is C17H24N2O2. The highest BCUT2D eigenvalue weighted by Gasteiger charge is 2.20. The van der Waals surface area contributed by atoms with Crippen molar-refractivity contribution in [2.75, 3.05) is 5.32 Å². The van der Waals surface area contributed by atoms with E-state index in [4.69, 9.17) is 0 Å². The summed E-state index contributed by atoms with van der Waals surface area (Å²) in [4.78, 5) is 22.7. The van der Waals surface area contributed by atoms with Gasteiger partial charge in [-0.1, -0.05) is 32.9 Å². The molecule has 0 aliphatic rings. The second-order valence-corrected chi connectivity index (χ2v) is 6.23. The summed E-state index contributed by atoms with van der Waals surface area (Å²) in [7, 11) is 0. The molecule has 0 aliphatic heterocycles. The van der Waals surface area contributed by atoms with E-state index in [1.165, 1.54) is 13.0 Å². The normalized spacial score (nSPS) is 13.0. The molecular weight excluding hydrogens is 264 g/mol. The summed E-state index contributed by atoms with van der Waals surface area (Å²) in [6, 6.07) is 7.40. The molecule has 0 aromatic heterocycles. The number of carbonyl (C=O) groups excluding carboxylic acids is 2. The van der Waals surface area contributed by atoms with Crippen LogP contribution in [0.5, 0.6) is 0 Å². The van der Waals surface area contributed by atoms with Crippen molar-refractivity contribution >= 4 is 23.6 Å². The number of hydrogen-bond donors (Lipinski definition) is 2. The molecule has 0 fully saturated rings. The molecule has 0 radical (unpaired) electrons. The molecule has 1 atom stereocenters. The van der Waals surface area contributed by atoms with Crippen LogP contribution in [0.1, 0.15) is 40.2 Å². The monoisotopic (exact) mass is 288 g/mol. The largest absolute Gasteiger partial charge is 0.350 e. The molecule has 0 aliphatic carbocycles. The van der Waals surface area contributed by atoms with Gasteiger partial charge in [-0.2, -0.15) is 0 Å². The third kappa shape index (κ3) is 6.25. The number of nitrogens with one attached hydrogen (secondary N) is 2. The predicted molar refractivity (Wildman–Crippen MR) is 86.8 cm³/mol. The average Bonchev–Trinajstić information content (AvgIpc) is 2.36. The summed E-state index contributed by atoms with van der Waals surface area (Å²) in [6.07, 6.45) is 3.28. The summed E-state index contributed by atoms with van der Waals surface area (Å²) in [5.41, 5.74) is 1.68. The van der Waals surface area contributed by atoms with E-state index in [9.17, 15) is 9.59 Å². The lowest BCUT2D eigenvalue weighted by Crippen LogP contribution is -2.40. The Morgan fingerprint density at radius 1 is 1.14 bits per heavy atom. The number of benzene rings is 1. The first-order valence-corrected chi connectivity index (χ1v) is 7.04. The third-order valence-corrected chi connectivity index (χ3v) is 3.32. The van der Waals surface area contributed by atoms with Gasteiger partial charge >= 0.3 is 0 Å². The SMILES string of the molecule is CC(=O)Nc1ccc(/C=C\C(=O)N[C@@H](C)C(C)(C)C)cc1. The van der Waals surface area contributed by atoms with Crippen molar-refractivity contribution in [2.24, 2.45) is 5.41 Å².